The molecule has 0 spiro atoms. The molecule has 0 bridgehead atoms. The fourth-order valence-corrected chi connectivity index (χ4v) is 2.52. The summed E-state index contributed by atoms with van der Waals surface area (Å²) in [7, 11) is 0. The molecule has 0 radical (unpaired) electrons. The number of aromatic nitrogens is 3. The molecule has 1 aromatic heterocycles. The second-order valence-electron chi connectivity index (χ2n) is 4.60. The molecule has 0 fully saturated rings. The van der Waals surface area contributed by atoms with Gasteiger partial charge in [-0.1, -0.05) is 47.4 Å². The minimum Gasteiger partial charge on any atom is -0.306 e. The van der Waals surface area contributed by atoms with Crippen LogP contribution in [0.25, 0.3) is 0 Å². The van der Waals surface area contributed by atoms with Crippen molar-refractivity contribution in [1.29, 1.82) is 0 Å². The maximum absolute atomic E-state index is 6.15. The quantitative estimate of drug-likeness (QED) is 0.871. The van der Waals surface area contributed by atoms with Crippen molar-refractivity contribution in [2.45, 2.75) is 32.9 Å². The predicted octanol–water partition coefficient (Wildman–Crippen LogP) is 3.63. The van der Waals surface area contributed by atoms with Crippen molar-refractivity contribution in [2.75, 3.05) is 0 Å². The fraction of sp³-hybridized carbons (Fsp3) is 0.385. The number of rotatable bonds is 5. The summed E-state index contributed by atoms with van der Waals surface area (Å²) in [5.41, 5.74) is 1.05. The number of H-pyrrole nitrogens is 1. The van der Waals surface area contributed by atoms with Crippen LogP contribution in [0.4, 0.5) is 0 Å². The first-order chi connectivity index (χ1) is 9.08. The molecule has 0 saturated carbocycles. The molecule has 0 aliphatic heterocycles. The molecule has 0 saturated heterocycles. The Balaban J connectivity index is 1.92. The van der Waals surface area contributed by atoms with E-state index in [1.807, 2.05) is 18.2 Å². The largest absolute Gasteiger partial charge is 0.306 e. The average Bonchev–Trinajstić information content (AvgIpc) is 2.82. The zero-order valence-electron chi connectivity index (χ0n) is 10.9. The number of halogens is 2. The Kier molecular flexibility index (Phi) is 4.96. The van der Waals surface area contributed by atoms with Gasteiger partial charge >= 0.3 is 0 Å². The molecule has 0 aliphatic carbocycles. The number of nitrogens with zero attached hydrogens (tertiary/aromatic N) is 2. The lowest BCUT2D eigenvalue weighted by atomic mass is 10.2. The van der Waals surface area contributed by atoms with Gasteiger partial charge in [0.15, 0.2) is 5.82 Å². The monoisotopic (exact) mass is 342 g/mol. The second kappa shape index (κ2) is 6.50. The van der Waals surface area contributed by atoms with E-state index in [4.69, 9.17) is 11.6 Å². The van der Waals surface area contributed by atoms with E-state index < -0.39 is 0 Å². The second-order valence-corrected chi connectivity index (χ2v) is 5.86. The molecule has 19 heavy (non-hydrogen) atoms. The van der Waals surface area contributed by atoms with Crippen LogP contribution in [0.2, 0.25) is 5.02 Å². The van der Waals surface area contributed by atoms with Crippen LogP contribution in [0.15, 0.2) is 22.7 Å². The predicted molar refractivity (Wildman–Crippen MR) is 80.2 cm³/mol. The Morgan fingerprint density at radius 3 is 2.79 bits per heavy atom. The van der Waals surface area contributed by atoms with Crippen LogP contribution < -0.4 is 5.32 Å². The molecule has 0 aliphatic rings. The lowest BCUT2D eigenvalue weighted by Crippen LogP contribution is -2.14. The number of hydrogen-bond donors (Lipinski definition) is 2. The van der Waals surface area contributed by atoms with Crippen LogP contribution in [-0.4, -0.2) is 15.2 Å². The van der Waals surface area contributed by atoms with Gasteiger partial charge in [0.1, 0.15) is 5.82 Å². The highest BCUT2D eigenvalue weighted by atomic mass is 79.9. The molecule has 2 N–H and O–H groups in total. The molecule has 4 nitrogen and oxygen atoms in total. The average molecular weight is 344 g/mol. The van der Waals surface area contributed by atoms with Crippen molar-refractivity contribution in [3.05, 3.63) is 44.9 Å². The maximum Gasteiger partial charge on any atom is 0.153 e. The molecule has 1 heterocycles. The molecule has 1 aromatic carbocycles. The van der Waals surface area contributed by atoms with E-state index in [1.165, 1.54) is 0 Å². The minimum atomic E-state index is 0.336. The van der Waals surface area contributed by atoms with Gasteiger partial charge in [0, 0.05) is 22.0 Å². The number of hydrogen-bond acceptors (Lipinski definition) is 3. The molecular formula is C13H16BrClN4. The summed E-state index contributed by atoms with van der Waals surface area (Å²) in [4.78, 5) is 4.41. The highest BCUT2D eigenvalue weighted by Crippen LogP contribution is 2.24. The van der Waals surface area contributed by atoms with Crippen LogP contribution in [0.3, 0.4) is 0 Å². The Bertz CT molecular complexity index is 533. The Morgan fingerprint density at radius 1 is 1.37 bits per heavy atom. The van der Waals surface area contributed by atoms with E-state index in [0.717, 1.165) is 26.7 Å². The van der Waals surface area contributed by atoms with Crippen LogP contribution in [-0.2, 0) is 13.1 Å². The molecule has 2 aromatic rings. The van der Waals surface area contributed by atoms with Crippen LogP contribution in [0.1, 0.15) is 37.0 Å². The topological polar surface area (TPSA) is 53.6 Å². The standard InChI is InChI=1S/C13H16BrClN4/c1-8(2)13-17-12(18-19-13)7-16-6-9-10(14)4-3-5-11(9)15/h3-5,8,16H,6-7H2,1-2H3,(H,17,18,19). The van der Waals surface area contributed by atoms with Gasteiger partial charge in [0.25, 0.3) is 0 Å². The summed E-state index contributed by atoms with van der Waals surface area (Å²) in [5.74, 6) is 2.02. The number of benzene rings is 1. The molecular weight excluding hydrogens is 328 g/mol. The third kappa shape index (κ3) is 3.78. The van der Waals surface area contributed by atoms with Crippen LogP contribution >= 0.6 is 27.5 Å². The van der Waals surface area contributed by atoms with E-state index in [-0.39, 0.29) is 0 Å². The van der Waals surface area contributed by atoms with Crippen LogP contribution in [0.5, 0.6) is 0 Å². The van der Waals surface area contributed by atoms with Crippen LogP contribution in [0, 0.1) is 0 Å². The van der Waals surface area contributed by atoms with E-state index in [0.29, 0.717) is 19.0 Å². The Labute approximate surface area is 126 Å². The summed E-state index contributed by atoms with van der Waals surface area (Å²) in [5, 5.41) is 11.2. The zero-order valence-corrected chi connectivity index (χ0v) is 13.2. The third-order valence-corrected chi connectivity index (χ3v) is 3.82. The summed E-state index contributed by atoms with van der Waals surface area (Å²) < 4.78 is 1.01. The zero-order chi connectivity index (χ0) is 13.8. The van der Waals surface area contributed by atoms with E-state index >= 15 is 0 Å². The summed E-state index contributed by atoms with van der Waals surface area (Å²) >= 11 is 9.65. The molecule has 0 atom stereocenters. The van der Waals surface area contributed by atoms with Crippen molar-refractivity contribution in [1.82, 2.24) is 20.5 Å². The minimum absolute atomic E-state index is 0.336. The van der Waals surface area contributed by atoms with Crippen molar-refractivity contribution in [2.24, 2.45) is 0 Å². The SMILES string of the molecule is CC(C)c1n[nH]c(CNCc2c(Cl)cccc2Br)n1. The molecule has 2 rings (SSSR count). The van der Waals surface area contributed by atoms with E-state index in [1.54, 1.807) is 0 Å². The Morgan fingerprint density at radius 2 is 2.16 bits per heavy atom. The van der Waals surface area contributed by atoms with Gasteiger partial charge in [0.2, 0.25) is 0 Å². The highest BCUT2D eigenvalue weighted by Gasteiger charge is 2.08. The van der Waals surface area contributed by atoms with Gasteiger partial charge in [-0.3, -0.25) is 5.10 Å². The first-order valence-electron chi connectivity index (χ1n) is 6.12. The van der Waals surface area contributed by atoms with Crippen molar-refractivity contribution in [3.8, 4) is 0 Å². The first-order valence-corrected chi connectivity index (χ1v) is 7.29. The van der Waals surface area contributed by atoms with Gasteiger partial charge in [-0.25, -0.2) is 4.98 Å². The van der Waals surface area contributed by atoms with E-state index in [2.05, 4.69) is 50.3 Å². The van der Waals surface area contributed by atoms with Gasteiger partial charge in [-0.05, 0) is 17.7 Å². The summed E-state index contributed by atoms with van der Waals surface area (Å²) in [6, 6.07) is 5.78. The maximum atomic E-state index is 6.15. The van der Waals surface area contributed by atoms with Gasteiger partial charge in [0.05, 0.1) is 6.54 Å². The van der Waals surface area contributed by atoms with Crippen molar-refractivity contribution in [3.63, 3.8) is 0 Å². The first kappa shape index (κ1) is 14.5. The Hall–Kier alpha value is -0.910. The molecule has 6 heteroatoms. The summed E-state index contributed by atoms with van der Waals surface area (Å²) in [6.45, 7) is 5.46. The lowest BCUT2D eigenvalue weighted by Gasteiger charge is -2.07. The lowest BCUT2D eigenvalue weighted by molar-refractivity contribution is 0.662. The molecule has 102 valence electrons. The molecule has 0 amide bonds. The van der Waals surface area contributed by atoms with Gasteiger partial charge in [-0.2, -0.15) is 5.10 Å². The smallest absolute Gasteiger partial charge is 0.153 e. The number of aromatic amines is 1. The summed E-state index contributed by atoms with van der Waals surface area (Å²) in [6.07, 6.45) is 0. The normalized spacial score (nSPS) is 11.2. The third-order valence-electron chi connectivity index (χ3n) is 2.72. The highest BCUT2D eigenvalue weighted by molar-refractivity contribution is 9.10. The fourth-order valence-electron chi connectivity index (χ4n) is 1.65. The van der Waals surface area contributed by atoms with E-state index in [9.17, 15) is 0 Å². The van der Waals surface area contributed by atoms with Crippen molar-refractivity contribution >= 4 is 27.5 Å². The number of nitrogens with one attached hydrogen (secondary N) is 2. The molecule has 0 unspecified atom stereocenters. The van der Waals surface area contributed by atoms with Gasteiger partial charge in [-0.15, -0.1) is 0 Å². The van der Waals surface area contributed by atoms with Crippen molar-refractivity contribution < 1.29 is 0 Å². The van der Waals surface area contributed by atoms with Gasteiger partial charge < -0.3 is 5.32 Å².